The Bertz CT molecular complexity index is 1150. The topological polar surface area (TPSA) is 86.6 Å². The van der Waals surface area contributed by atoms with Gasteiger partial charge in [-0.2, -0.15) is 0 Å². The van der Waals surface area contributed by atoms with Crippen molar-refractivity contribution in [3.63, 3.8) is 0 Å². The molecule has 0 spiro atoms. The van der Waals surface area contributed by atoms with Crippen LogP contribution in [0.1, 0.15) is 12.5 Å². The van der Waals surface area contributed by atoms with Crippen molar-refractivity contribution in [2.45, 2.75) is 24.9 Å². The summed E-state index contributed by atoms with van der Waals surface area (Å²) in [6.45, 7) is 2.73. The highest BCUT2D eigenvalue weighted by atomic mass is 32.2. The van der Waals surface area contributed by atoms with Crippen molar-refractivity contribution in [2.24, 2.45) is 0 Å². The standard InChI is InChI=1S/C17H16N2O5S2/c1-2-19-13-5-4-12(8-16(13)25-17(19)20)26(21,22)18-9-11-3-6-14-15(7-11)24-10-23-14/h3-8,18H,2,9-10H2,1H3. The lowest BCUT2D eigenvalue weighted by Crippen LogP contribution is -2.23. The second-order valence-corrected chi connectivity index (χ2v) is 8.51. The van der Waals surface area contributed by atoms with Gasteiger partial charge in [0.1, 0.15) is 0 Å². The first kappa shape index (κ1) is 17.1. The van der Waals surface area contributed by atoms with E-state index >= 15 is 0 Å². The SMILES string of the molecule is CCn1c(=O)sc2cc(S(=O)(=O)NCc3ccc4c(c3)OCO4)ccc21. The molecule has 4 rings (SSSR count). The molecule has 1 N–H and O–H groups in total. The third-order valence-electron chi connectivity index (χ3n) is 4.17. The van der Waals surface area contributed by atoms with Gasteiger partial charge in [0.2, 0.25) is 16.8 Å². The number of hydrogen-bond acceptors (Lipinski definition) is 6. The Morgan fingerprint density at radius 1 is 1.15 bits per heavy atom. The van der Waals surface area contributed by atoms with Gasteiger partial charge in [0.05, 0.1) is 15.1 Å². The lowest BCUT2D eigenvalue weighted by atomic mass is 10.2. The lowest BCUT2D eigenvalue weighted by Gasteiger charge is -2.08. The maximum Gasteiger partial charge on any atom is 0.308 e. The van der Waals surface area contributed by atoms with Gasteiger partial charge in [0.15, 0.2) is 11.5 Å². The summed E-state index contributed by atoms with van der Waals surface area (Å²) in [6, 6.07) is 10.0. The minimum Gasteiger partial charge on any atom is -0.454 e. The fourth-order valence-corrected chi connectivity index (χ4v) is 4.94. The molecule has 0 saturated carbocycles. The van der Waals surface area contributed by atoms with E-state index in [1.165, 1.54) is 12.1 Å². The fraction of sp³-hybridized carbons (Fsp3) is 0.235. The van der Waals surface area contributed by atoms with Crippen molar-refractivity contribution in [1.29, 1.82) is 0 Å². The minimum absolute atomic E-state index is 0.0923. The third kappa shape index (κ3) is 2.98. The predicted octanol–water partition coefficient (Wildman–Crippen LogP) is 2.29. The number of ether oxygens (including phenoxy) is 2. The van der Waals surface area contributed by atoms with Crippen molar-refractivity contribution in [1.82, 2.24) is 9.29 Å². The molecule has 0 fully saturated rings. The smallest absolute Gasteiger partial charge is 0.308 e. The number of aromatic nitrogens is 1. The van der Waals surface area contributed by atoms with Crippen molar-refractivity contribution in [3.05, 3.63) is 51.6 Å². The van der Waals surface area contributed by atoms with Crippen LogP contribution < -0.4 is 19.1 Å². The molecule has 1 aromatic heterocycles. The van der Waals surface area contributed by atoms with Gasteiger partial charge >= 0.3 is 4.87 Å². The quantitative estimate of drug-likeness (QED) is 0.720. The van der Waals surface area contributed by atoms with Crippen LogP contribution in [0.2, 0.25) is 0 Å². The first-order valence-corrected chi connectivity index (χ1v) is 10.3. The largest absolute Gasteiger partial charge is 0.454 e. The predicted molar refractivity (Wildman–Crippen MR) is 98.3 cm³/mol. The van der Waals surface area contributed by atoms with Gasteiger partial charge in [-0.1, -0.05) is 17.4 Å². The summed E-state index contributed by atoms with van der Waals surface area (Å²) in [5, 5.41) is 0. The van der Waals surface area contributed by atoms with E-state index < -0.39 is 10.0 Å². The first-order chi connectivity index (χ1) is 12.5. The summed E-state index contributed by atoms with van der Waals surface area (Å²) in [5.41, 5.74) is 1.51. The second kappa shape index (κ2) is 6.42. The maximum absolute atomic E-state index is 12.6. The minimum atomic E-state index is -3.70. The van der Waals surface area contributed by atoms with Crippen LogP contribution in [0.3, 0.4) is 0 Å². The number of aryl methyl sites for hydroxylation is 1. The monoisotopic (exact) mass is 392 g/mol. The molecule has 0 amide bonds. The van der Waals surface area contributed by atoms with E-state index in [1.807, 2.05) is 6.92 Å². The van der Waals surface area contributed by atoms with Crippen LogP contribution in [0.4, 0.5) is 0 Å². The van der Waals surface area contributed by atoms with Crippen molar-refractivity contribution in [3.8, 4) is 11.5 Å². The van der Waals surface area contributed by atoms with E-state index in [0.29, 0.717) is 22.7 Å². The molecule has 7 nitrogen and oxygen atoms in total. The molecule has 0 bridgehead atoms. The second-order valence-electron chi connectivity index (χ2n) is 5.75. The van der Waals surface area contributed by atoms with E-state index in [9.17, 15) is 13.2 Å². The van der Waals surface area contributed by atoms with Gasteiger partial charge in [-0.05, 0) is 42.8 Å². The summed E-state index contributed by atoms with van der Waals surface area (Å²) in [5.74, 6) is 1.26. The molecule has 0 radical (unpaired) electrons. The highest BCUT2D eigenvalue weighted by molar-refractivity contribution is 7.89. The Morgan fingerprint density at radius 2 is 1.96 bits per heavy atom. The molecule has 1 aliphatic heterocycles. The zero-order valence-corrected chi connectivity index (χ0v) is 15.5. The molecule has 26 heavy (non-hydrogen) atoms. The molecular weight excluding hydrogens is 376 g/mol. The Balaban J connectivity index is 1.58. The number of hydrogen-bond donors (Lipinski definition) is 1. The average Bonchev–Trinajstić information content (AvgIpc) is 3.21. The van der Waals surface area contributed by atoms with Crippen LogP contribution in [0.15, 0.2) is 46.1 Å². The maximum atomic E-state index is 12.6. The van der Waals surface area contributed by atoms with Gasteiger partial charge in [0, 0.05) is 13.1 Å². The van der Waals surface area contributed by atoms with Crippen molar-refractivity contribution >= 4 is 31.6 Å². The molecule has 2 heterocycles. The summed E-state index contributed by atoms with van der Waals surface area (Å²) < 4.78 is 40.6. The molecular formula is C17H16N2O5S2. The summed E-state index contributed by atoms with van der Waals surface area (Å²) in [4.78, 5) is 12.0. The number of sulfonamides is 1. The van der Waals surface area contributed by atoms with Crippen molar-refractivity contribution in [2.75, 3.05) is 6.79 Å². The molecule has 3 aromatic rings. The van der Waals surface area contributed by atoms with Crippen LogP contribution in [0.5, 0.6) is 11.5 Å². The average molecular weight is 392 g/mol. The number of rotatable bonds is 5. The summed E-state index contributed by atoms with van der Waals surface area (Å²) in [7, 11) is -3.70. The van der Waals surface area contributed by atoms with E-state index in [1.54, 1.807) is 28.8 Å². The van der Waals surface area contributed by atoms with Crippen LogP contribution >= 0.6 is 11.3 Å². The lowest BCUT2D eigenvalue weighted by molar-refractivity contribution is 0.174. The third-order valence-corrected chi connectivity index (χ3v) is 6.51. The number of nitrogens with one attached hydrogen (secondary N) is 1. The van der Waals surface area contributed by atoms with E-state index in [0.717, 1.165) is 22.4 Å². The Morgan fingerprint density at radius 3 is 2.77 bits per heavy atom. The van der Waals surface area contributed by atoms with E-state index in [-0.39, 0.29) is 23.1 Å². The van der Waals surface area contributed by atoms with Gasteiger partial charge in [-0.15, -0.1) is 0 Å². The highest BCUT2D eigenvalue weighted by Gasteiger charge is 2.18. The molecule has 9 heteroatoms. The van der Waals surface area contributed by atoms with Crippen molar-refractivity contribution < 1.29 is 17.9 Å². The zero-order chi connectivity index (χ0) is 18.3. The highest BCUT2D eigenvalue weighted by Crippen LogP contribution is 2.32. The Hall–Kier alpha value is -2.36. The Labute approximate surface area is 153 Å². The fourth-order valence-electron chi connectivity index (χ4n) is 2.83. The molecule has 0 atom stereocenters. The molecule has 136 valence electrons. The van der Waals surface area contributed by atoms with Crippen LogP contribution in [0.25, 0.3) is 10.2 Å². The normalized spacial score (nSPS) is 13.4. The number of thiazole rings is 1. The number of nitrogens with zero attached hydrogens (tertiary/aromatic N) is 1. The summed E-state index contributed by atoms with van der Waals surface area (Å²) >= 11 is 1.05. The van der Waals surface area contributed by atoms with Crippen LogP contribution in [-0.2, 0) is 23.1 Å². The zero-order valence-electron chi connectivity index (χ0n) is 13.9. The number of benzene rings is 2. The van der Waals surface area contributed by atoms with E-state index in [2.05, 4.69) is 4.72 Å². The van der Waals surface area contributed by atoms with Gasteiger partial charge in [0.25, 0.3) is 0 Å². The summed E-state index contributed by atoms with van der Waals surface area (Å²) in [6.07, 6.45) is 0. The molecule has 2 aromatic carbocycles. The van der Waals surface area contributed by atoms with Gasteiger partial charge in [-0.3, -0.25) is 9.36 Å². The molecule has 0 saturated heterocycles. The van der Waals surface area contributed by atoms with E-state index in [4.69, 9.17) is 9.47 Å². The van der Waals surface area contributed by atoms with Gasteiger partial charge < -0.3 is 9.47 Å². The first-order valence-electron chi connectivity index (χ1n) is 7.99. The molecule has 0 unspecified atom stereocenters. The molecule has 1 aliphatic rings. The van der Waals surface area contributed by atoms with Crippen LogP contribution in [-0.4, -0.2) is 19.8 Å². The molecule has 0 aliphatic carbocycles. The van der Waals surface area contributed by atoms with Crippen LogP contribution in [0, 0.1) is 0 Å². The van der Waals surface area contributed by atoms with Gasteiger partial charge in [-0.25, -0.2) is 13.1 Å². The number of fused-ring (bicyclic) bond motifs is 2. The Kier molecular flexibility index (Phi) is 4.22.